The number of rotatable bonds is 6. The number of nitrogens with one attached hydrogen (secondary N) is 1. The molecule has 0 fully saturated rings. The van der Waals surface area contributed by atoms with Crippen LogP contribution < -0.4 is 10.2 Å². The normalized spacial score (nSPS) is 10.6. The molecule has 0 amide bonds. The third-order valence-corrected chi connectivity index (χ3v) is 3.07. The summed E-state index contributed by atoms with van der Waals surface area (Å²) >= 11 is 0. The quantitative estimate of drug-likeness (QED) is 0.879. The first-order valence-electron chi connectivity index (χ1n) is 6.67. The van der Waals surface area contributed by atoms with Gasteiger partial charge in [-0.05, 0) is 31.2 Å². The monoisotopic (exact) mass is 274 g/mol. The van der Waals surface area contributed by atoms with E-state index in [2.05, 4.69) is 44.0 Å². The molecule has 2 rings (SSSR count). The molecule has 108 valence electrons. The molecule has 0 aliphatic carbocycles. The van der Waals surface area contributed by atoms with Gasteiger partial charge in [-0.1, -0.05) is 0 Å². The van der Waals surface area contributed by atoms with E-state index in [0.717, 1.165) is 23.9 Å². The molecule has 0 unspecified atom stereocenters. The average molecular weight is 274 g/mol. The van der Waals surface area contributed by atoms with Crippen LogP contribution in [-0.2, 0) is 11.3 Å². The van der Waals surface area contributed by atoms with Crippen molar-refractivity contribution in [2.75, 3.05) is 38.0 Å². The van der Waals surface area contributed by atoms with Gasteiger partial charge in [0.25, 0.3) is 0 Å². The fraction of sp³-hybridized carbons (Fsp3) is 0.400. The highest BCUT2D eigenvalue weighted by atomic mass is 16.5. The molecule has 0 saturated carbocycles. The number of imidazole rings is 1. The van der Waals surface area contributed by atoms with Crippen LogP contribution in [0, 0.1) is 6.92 Å². The summed E-state index contributed by atoms with van der Waals surface area (Å²) < 4.78 is 7.19. The lowest BCUT2D eigenvalue weighted by atomic mass is 10.2. The summed E-state index contributed by atoms with van der Waals surface area (Å²) in [5.74, 6) is 0.845. The molecule has 0 radical (unpaired) electrons. The summed E-state index contributed by atoms with van der Waals surface area (Å²) in [7, 11) is 5.77. The Hall–Kier alpha value is -2.01. The van der Waals surface area contributed by atoms with Gasteiger partial charge in [0.05, 0.1) is 12.3 Å². The van der Waals surface area contributed by atoms with E-state index in [4.69, 9.17) is 4.74 Å². The van der Waals surface area contributed by atoms with Crippen LogP contribution in [0.25, 0.3) is 0 Å². The predicted octanol–water partition coefficient (Wildman–Crippen LogP) is 2.65. The minimum absolute atomic E-state index is 0.671. The van der Waals surface area contributed by atoms with Crippen LogP contribution in [0.1, 0.15) is 5.69 Å². The van der Waals surface area contributed by atoms with Gasteiger partial charge in [0.1, 0.15) is 0 Å². The van der Waals surface area contributed by atoms with E-state index in [1.165, 1.54) is 5.69 Å². The fourth-order valence-corrected chi connectivity index (χ4v) is 1.98. The van der Waals surface area contributed by atoms with Crippen molar-refractivity contribution >= 4 is 17.3 Å². The van der Waals surface area contributed by atoms with E-state index in [1.807, 2.05) is 27.2 Å². The molecule has 0 bridgehead atoms. The molecule has 1 N–H and O–H groups in total. The van der Waals surface area contributed by atoms with Crippen LogP contribution in [0.5, 0.6) is 0 Å². The zero-order valence-corrected chi connectivity index (χ0v) is 12.6. The second-order valence-corrected chi connectivity index (χ2v) is 4.96. The van der Waals surface area contributed by atoms with Crippen molar-refractivity contribution in [2.45, 2.75) is 13.5 Å². The lowest BCUT2D eigenvalue weighted by Crippen LogP contribution is -2.09. The van der Waals surface area contributed by atoms with Crippen LogP contribution >= 0.6 is 0 Å². The molecule has 0 saturated heterocycles. The average Bonchev–Trinajstić information content (AvgIpc) is 2.77. The van der Waals surface area contributed by atoms with E-state index >= 15 is 0 Å². The number of hydrogen-bond donors (Lipinski definition) is 1. The highest BCUT2D eigenvalue weighted by Gasteiger charge is 2.06. The van der Waals surface area contributed by atoms with Gasteiger partial charge in [-0.2, -0.15) is 0 Å². The molecule has 0 spiro atoms. The maximum Gasteiger partial charge on any atom is 0.207 e. The van der Waals surface area contributed by atoms with E-state index in [1.54, 1.807) is 7.11 Å². The largest absolute Gasteiger partial charge is 0.383 e. The first-order valence-corrected chi connectivity index (χ1v) is 6.67. The topological polar surface area (TPSA) is 42.3 Å². The molecule has 20 heavy (non-hydrogen) atoms. The Kier molecular flexibility index (Phi) is 4.63. The molecular weight excluding hydrogens is 252 g/mol. The van der Waals surface area contributed by atoms with Gasteiger partial charge in [-0.3, -0.25) is 0 Å². The molecule has 2 aromatic rings. The maximum atomic E-state index is 5.12. The van der Waals surface area contributed by atoms with Gasteiger partial charge in [-0.15, -0.1) is 0 Å². The summed E-state index contributed by atoms with van der Waals surface area (Å²) in [6.45, 7) is 3.45. The van der Waals surface area contributed by atoms with Crippen LogP contribution in [0.2, 0.25) is 0 Å². The van der Waals surface area contributed by atoms with E-state index in [9.17, 15) is 0 Å². The van der Waals surface area contributed by atoms with Gasteiger partial charge in [0.15, 0.2) is 0 Å². The van der Waals surface area contributed by atoms with Crippen molar-refractivity contribution in [1.29, 1.82) is 0 Å². The van der Waals surface area contributed by atoms with Crippen molar-refractivity contribution in [3.05, 3.63) is 36.2 Å². The second kappa shape index (κ2) is 6.43. The smallest absolute Gasteiger partial charge is 0.207 e. The van der Waals surface area contributed by atoms with Crippen LogP contribution in [-0.4, -0.2) is 37.4 Å². The number of hydrogen-bond acceptors (Lipinski definition) is 4. The van der Waals surface area contributed by atoms with E-state index in [0.29, 0.717) is 6.61 Å². The molecular formula is C15H22N4O. The molecule has 5 heteroatoms. The maximum absolute atomic E-state index is 5.12. The van der Waals surface area contributed by atoms with Crippen molar-refractivity contribution in [1.82, 2.24) is 9.55 Å². The van der Waals surface area contributed by atoms with E-state index in [-0.39, 0.29) is 0 Å². The van der Waals surface area contributed by atoms with Crippen molar-refractivity contribution in [2.24, 2.45) is 0 Å². The van der Waals surface area contributed by atoms with E-state index < -0.39 is 0 Å². The van der Waals surface area contributed by atoms with Crippen molar-refractivity contribution in [3.63, 3.8) is 0 Å². The zero-order valence-electron chi connectivity index (χ0n) is 12.6. The Balaban J connectivity index is 2.12. The number of methoxy groups -OCH3 is 1. The lowest BCUT2D eigenvalue weighted by molar-refractivity contribution is 0.188. The highest BCUT2D eigenvalue weighted by molar-refractivity contribution is 5.59. The Morgan fingerprint density at radius 1 is 1.25 bits per heavy atom. The summed E-state index contributed by atoms with van der Waals surface area (Å²) in [4.78, 5) is 6.58. The van der Waals surface area contributed by atoms with Gasteiger partial charge in [0, 0.05) is 45.3 Å². The SMILES string of the molecule is COCCn1cc(C)nc1Nc1ccc(N(C)C)cc1. The zero-order chi connectivity index (χ0) is 14.5. The fourth-order valence-electron chi connectivity index (χ4n) is 1.98. The number of nitrogens with zero attached hydrogens (tertiary/aromatic N) is 3. The number of aromatic nitrogens is 2. The number of ether oxygens (including phenoxy) is 1. The molecule has 1 aromatic heterocycles. The lowest BCUT2D eigenvalue weighted by Gasteiger charge is -2.13. The first-order chi connectivity index (χ1) is 9.60. The number of benzene rings is 1. The van der Waals surface area contributed by atoms with Crippen LogP contribution in [0.15, 0.2) is 30.5 Å². The van der Waals surface area contributed by atoms with Crippen molar-refractivity contribution < 1.29 is 4.74 Å². The minimum atomic E-state index is 0.671. The summed E-state index contributed by atoms with van der Waals surface area (Å²) in [6, 6.07) is 8.27. The number of anilines is 3. The number of aryl methyl sites for hydroxylation is 1. The third kappa shape index (κ3) is 3.51. The van der Waals surface area contributed by atoms with Crippen LogP contribution in [0.4, 0.5) is 17.3 Å². The highest BCUT2D eigenvalue weighted by Crippen LogP contribution is 2.20. The molecule has 0 atom stereocenters. The summed E-state index contributed by atoms with van der Waals surface area (Å²) in [5, 5.41) is 3.35. The van der Waals surface area contributed by atoms with Gasteiger partial charge >= 0.3 is 0 Å². The van der Waals surface area contributed by atoms with Crippen LogP contribution in [0.3, 0.4) is 0 Å². The molecule has 1 heterocycles. The molecule has 1 aromatic carbocycles. The Morgan fingerprint density at radius 2 is 1.95 bits per heavy atom. The van der Waals surface area contributed by atoms with Gasteiger partial charge < -0.3 is 19.5 Å². The molecule has 0 aliphatic rings. The first kappa shape index (κ1) is 14.4. The van der Waals surface area contributed by atoms with Gasteiger partial charge in [-0.25, -0.2) is 4.98 Å². The van der Waals surface area contributed by atoms with Crippen molar-refractivity contribution in [3.8, 4) is 0 Å². The molecule has 0 aliphatic heterocycles. The summed E-state index contributed by atoms with van der Waals surface area (Å²) in [6.07, 6.45) is 2.02. The third-order valence-electron chi connectivity index (χ3n) is 3.07. The minimum Gasteiger partial charge on any atom is -0.383 e. The molecule has 5 nitrogen and oxygen atoms in total. The Morgan fingerprint density at radius 3 is 2.55 bits per heavy atom. The summed E-state index contributed by atoms with van der Waals surface area (Å²) in [5.41, 5.74) is 3.20. The van der Waals surface area contributed by atoms with Gasteiger partial charge in [0.2, 0.25) is 5.95 Å². The second-order valence-electron chi connectivity index (χ2n) is 4.96. The Labute approximate surface area is 120 Å². The Bertz CT molecular complexity index is 546. The predicted molar refractivity (Wildman–Crippen MR) is 82.9 cm³/mol. The standard InChI is InChI=1S/C15H22N4O/c1-12-11-19(9-10-20-4)15(16-12)17-13-5-7-14(8-6-13)18(2)3/h5-8,11H,9-10H2,1-4H3,(H,16,17).